The lowest BCUT2D eigenvalue weighted by Crippen LogP contribution is -2.28. The Morgan fingerprint density at radius 3 is 2.72 bits per heavy atom. The van der Waals surface area contributed by atoms with Crippen molar-refractivity contribution in [2.75, 3.05) is 5.32 Å². The van der Waals surface area contributed by atoms with Crippen molar-refractivity contribution in [1.29, 1.82) is 0 Å². The molecule has 2 amide bonds. The molecule has 0 aliphatic heterocycles. The summed E-state index contributed by atoms with van der Waals surface area (Å²) >= 11 is 3.50. The summed E-state index contributed by atoms with van der Waals surface area (Å²) in [7, 11) is 1.87. The maximum Gasteiger partial charge on any atom is 0.319 e. The minimum absolute atomic E-state index is 0.236. The van der Waals surface area contributed by atoms with Gasteiger partial charge in [-0.2, -0.15) is 5.10 Å². The fourth-order valence-corrected chi connectivity index (χ4v) is 3.16. The molecular formula is C19H19BrN4O. The van der Waals surface area contributed by atoms with Gasteiger partial charge >= 0.3 is 6.03 Å². The van der Waals surface area contributed by atoms with Crippen LogP contribution in [0.25, 0.3) is 11.3 Å². The van der Waals surface area contributed by atoms with Crippen molar-refractivity contribution in [2.45, 2.75) is 13.5 Å². The predicted octanol–water partition coefficient (Wildman–Crippen LogP) is 4.48. The Morgan fingerprint density at radius 1 is 1.20 bits per heavy atom. The van der Waals surface area contributed by atoms with Gasteiger partial charge < -0.3 is 10.6 Å². The highest BCUT2D eigenvalue weighted by atomic mass is 79.9. The number of amides is 2. The highest BCUT2D eigenvalue weighted by Gasteiger charge is 2.09. The van der Waals surface area contributed by atoms with Crippen LogP contribution < -0.4 is 10.6 Å². The van der Waals surface area contributed by atoms with Crippen LogP contribution in [0.2, 0.25) is 0 Å². The molecule has 25 heavy (non-hydrogen) atoms. The first-order valence-electron chi connectivity index (χ1n) is 7.92. The molecule has 0 aliphatic rings. The Labute approximate surface area is 155 Å². The Hall–Kier alpha value is -2.60. The molecule has 0 atom stereocenters. The maximum atomic E-state index is 12.2. The molecular weight excluding hydrogens is 380 g/mol. The number of aromatic nitrogens is 2. The predicted molar refractivity (Wildman–Crippen MR) is 103 cm³/mol. The van der Waals surface area contributed by atoms with Gasteiger partial charge in [-0.1, -0.05) is 36.4 Å². The molecule has 5 nitrogen and oxygen atoms in total. The molecule has 0 radical (unpaired) electrons. The summed E-state index contributed by atoms with van der Waals surface area (Å²) in [6.07, 6.45) is 1.89. The van der Waals surface area contributed by atoms with Gasteiger partial charge in [-0.25, -0.2) is 4.79 Å². The van der Waals surface area contributed by atoms with E-state index in [9.17, 15) is 4.79 Å². The van der Waals surface area contributed by atoms with Crippen molar-refractivity contribution in [3.8, 4) is 11.3 Å². The highest BCUT2D eigenvalue weighted by Crippen LogP contribution is 2.28. The number of nitrogens with one attached hydrogen (secondary N) is 2. The molecule has 1 aromatic heterocycles. The van der Waals surface area contributed by atoms with E-state index in [0.29, 0.717) is 6.54 Å². The molecule has 128 valence electrons. The first-order valence-corrected chi connectivity index (χ1v) is 8.71. The van der Waals surface area contributed by atoms with Crippen LogP contribution in [0.1, 0.15) is 11.1 Å². The van der Waals surface area contributed by atoms with Crippen molar-refractivity contribution in [3.63, 3.8) is 0 Å². The van der Waals surface area contributed by atoms with Gasteiger partial charge in [0, 0.05) is 31.0 Å². The number of hydrogen-bond acceptors (Lipinski definition) is 2. The average molecular weight is 399 g/mol. The van der Waals surface area contributed by atoms with E-state index < -0.39 is 0 Å². The van der Waals surface area contributed by atoms with Crippen molar-refractivity contribution >= 4 is 27.6 Å². The molecule has 3 rings (SSSR count). The molecule has 0 fully saturated rings. The van der Waals surface area contributed by atoms with Gasteiger partial charge in [-0.15, -0.1) is 0 Å². The number of urea groups is 1. The summed E-state index contributed by atoms with van der Waals surface area (Å²) in [6, 6.07) is 15.4. The van der Waals surface area contributed by atoms with Crippen LogP contribution in [-0.2, 0) is 13.6 Å². The zero-order valence-electron chi connectivity index (χ0n) is 14.1. The SMILES string of the molecule is Cc1ccccc1CNC(=O)Nc1cccc(-c2nn(C)cc2Br)c1. The summed E-state index contributed by atoms with van der Waals surface area (Å²) in [5, 5.41) is 10.2. The first kappa shape index (κ1) is 17.2. The Bertz CT molecular complexity index is 904. The summed E-state index contributed by atoms with van der Waals surface area (Å²) in [4.78, 5) is 12.2. The van der Waals surface area contributed by atoms with Crippen LogP contribution in [0.5, 0.6) is 0 Å². The van der Waals surface area contributed by atoms with Crippen molar-refractivity contribution in [2.24, 2.45) is 7.05 Å². The fourth-order valence-electron chi connectivity index (χ4n) is 2.56. The van der Waals surface area contributed by atoms with E-state index in [-0.39, 0.29) is 6.03 Å². The van der Waals surface area contributed by atoms with E-state index in [0.717, 1.165) is 32.5 Å². The van der Waals surface area contributed by atoms with Gasteiger partial charge in [0.2, 0.25) is 0 Å². The lowest BCUT2D eigenvalue weighted by Gasteiger charge is -2.10. The highest BCUT2D eigenvalue weighted by molar-refractivity contribution is 9.10. The third kappa shape index (κ3) is 4.28. The molecule has 2 aromatic carbocycles. The molecule has 0 bridgehead atoms. The van der Waals surface area contributed by atoms with E-state index in [1.165, 1.54) is 0 Å². The number of carbonyl (C=O) groups is 1. The van der Waals surface area contributed by atoms with Crippen molar-refractivity contribution in [3.05, 3.63) is 70.3 Å². The third-order valence-electron chi connectivity index (χ3n) is 3.88. The zero-order chi connectivity index (χ0) is 17.8. The van der Waals surface area contributed by atoms with Crippen LogP contribution in [0.15, 0.2) is 59.2 Å². The lowest BCUT2D eigenvalue weighted by molar-refractivity contribution is 0.251. The van der Waals surface area contributed by atoms with Crippen LogP contribution in [-0.4, -0.2) is 15.8 Å². The zero-order valence-corrected chi connectivity index (χ0v) is 15.7. The Kier molecular flexibility index (Phi) is 5.19. The van der Waals surface area contributed by atoms with E-state index >= 15 is 0 Å². The van der Waals surface area contributed by atoms with Crippen LogP contribution in [0.4, 0.5) is 10.5 Å². The molecule has 0 unspecified atom stereocenters. The summed E-state index contributed by atoms with van der Waals surface area (Å²) < 4.78 is 2.66. The molecule has 2 N–H and O–H groups in total. The third-order valence-corrected chi connectivity index (χ3v) is 4.46. The first-order chi connectivity index (χ1) is 12.0. The number of nitrogens with zero attached hydrogens (tertiary/aromatic N) is 2. The lowest BCUT2D eigenvalue weighted by atomic mass is 10.1. The number of hydrogen-bond donors (Lipinski definition) is 2. The van der Waals surface area contributed by atoms with Crippen molar-refractivity contribution in [1.82, 2.24) is 15.1 Å². The molecule has 6 heteroatoms. The number of benzene rings is 2. The van der Waals surface area contributed by atoms with Crippen LogP contribution >= 0.6 is 15.9 Å². The minimum Gasteiger partial charge on any atom is -0.334 e. The number of rotatable bonds is 4. The average Bonchev–Trinajstić information content (AvgIpc) is 2.93. The molecule has 3 aromatic rings. The van der Waals surface area contributed by atoms with Crippen molar-refractivity contribution < 1.29 is 4.79 Å². The summed E-state index contributed by atoms with van der Waals surface area (Å²) in [5.74, 6) is 0. The number of halogens is 1. The Morgan fingerprint density at radius 2 is 2.00 bits per heavy atom. The van der Waals surface area contributed by atoms with Crippen LogP contribution in [0.3, 0.4) is 0 Å². The van der Waals surface area contributed by atoms with Gasteiger partial charge in [0.15, 0.2) is 0 Å². The molecule has 0 saturated heterocycles. The number of carbonyl (C=O) groups excluding carboxylic acids is 1. The molecule has 0 saturated carbocycles. The molecule has 0 aliphatic carbocycles. The van der Waals surface area contributed by atoms with E-state index in [2.05, 4.69) is 31.7 Å². The second kappa shape index (κ2) is 7.53. The second-order valence-electron chi connectivity index (χ2n) is 5.81. The summed E-state index contributed by atoms with van der Waals surface area (Å²) in [6.45, 7) is 2.52. The number of anilines is 1. The smallest absolute Gasteiger partial charge is 0.319 e. The van der Waals surface area contributed by atoms with Gasteiger partial charge in [0.1, 0.15) is 5.69 Å². The van der Waals surface area contributed by atoms with Gasteiger partial charge in [0.05, 0.1) is 4.47 Å². The Balaban J connectivity index is 1.67. The second-order valence-corrected chi connectivity index (χ2v) is 6.67. The molecule has 0 spiro atoms. The maximum absolute atomic E-state index is 12.2. The fraction of sp³-hybridized carbons (Fsp3) is 0.158. The van der Waals surface area contributed by atoms with Crippen LogP contribution in [0, 0.1) is 6.92 Å². The standard InChI is InChI=1S/C19H19BrN4O/c1-13-6-3-4-7-15(13)11-21-19(25)22-16-9-5-8-14(10-16)18-17(20)12-24(2)23-18/h3-10,12H,11H2,1-2H3,(H2,21,22,25). The normalized spacial score (nSPS) is 10.5. The quantitative estimate of drug-likeness (QED) is 0.680. The topological polar surface area (TPSA) is 59.0 Å². The number of aryl methyl sites for hydroxylation is 2. The van der Waals surface area contributed by atoms with E-state index in [1.807, 2.05) is 68.7 Å². The molecule has 1 heterocycles. The largest absolute Gasteiger partial charge is 0.334 e. The van der Waals surface area contributed by atoms with Gasteiger partial charge in [-0.3, -0.25) is 4.68 Å². The van der Waals surface area contributed by atoms with Gasteiger partial charge in [0.25, 0.3) is 0 Å². The van der Waals surface area contributed by atoms with E-state index in [1.54, 1.807) is 4.68 Å². The summed E-state index contributed by atoms with van der Waals surface area (Å²) in [5.41, 5.74) is 4.75. The monoisotopic (exact) mass is 398 g/mol. The van der Waals surface area contributed by atoms with E-state index in [4.69, 9.17) is 0 Å². The minimum atomic E-state index is -0.236. The van der Waals surface area contributed by atoms with Gasteiger partial charge in [-0.05, 0) is 46.1 Å².